The van der Waals surface area contributed by atoms with Crippen molar-refractivity contribution in [3.8, 4) is 5.75 Å². The van der Waals surface area contributed by atoms with E-state index < -0.39 is 18.1 Å². The molecule has 0 saturated carbocycles. The van der Waals surface area contributed by atoms with Crippen molar-refractivity contribution in [3.05, 3.63) is 40.7 Å². The average molecular weight is 377 g/mol. The standard InChI is InChI=1S/C14H16N4O4.2ClH/c1-6-13(20)10(7(4-19)3-15-6)12-11-8(16-5-17-11)2-9(18-12)14(21)22;;/h3,5,9,12,18-20H,2,4H2,1H3,(H,16,17)(H,21,22);2*1H/t9-,12-;;/m0../s1. The number of pyridine rings is 1. The SMILES string of the molecule is Cc1ncc(CO)c([C@@H]2N[C@H](C(=O)O)Cc3[nH]cnc32)c1O.Cl.Cl. The summed E-state index contributed by atoms with van der Waals surface area (Å²) in [6.45, 7) is 1.33. The molecule has 2 aromatic rings. The Bertz CT molecular complexity index is 738. The number of carbonyl (C=O) groups is 1. The second-order valence-electron chi connectivity index (χ2n) is 5.25. The molecule has 0 radical (unpaired) electrons. The van der Waals surface area contributed by atoms with Gasteiger partial charge < -0.3 is 20.3 Å². The van der Waals surface area contributed by atoms with Crippen LogP contribution < -0.4 is 5.32 Å². The minimum absolute atomic E-state index is 0. The van der Waals surface area contributed by atoms with E-state index in [9.17, 15) is 20.1 Å². The van der Waals surface area contributed by atoms with Gasteiger partial charge in [0, 0.05) is 29.4 Å². The molecule has 3 heterocycles. The summed E-state index contributed by atoms with van der Waals surface area (Å²) in [6.07, 6.45) is 3.25. The van der Waals surface area contributed by atoms with E-state index in [0.29, 0.717) is 28.2 Å². The maximum atomic E-state index is 11.3. The number of carboxylic acids is 1. The van der Waals surface area contributed by atoms with Crippen molar-refractivity contribution < 1.29 is 20.1 Å². The lowest BCUT2D eigenvalue weighted by atomic mass is 9.91. The van der Waals surface area contributed by atoms with Crippen molar-refractivity contribution in [2.75, 3.05) is 0 Å². The topological polar surface area (TPSA) is 131 Å². The number of nitrogens with one attached hydrogen (secondary N) is 2. The second-order valence-corrected chi connectivity index (χ2v) is 5.25. The van der Waals surface area contributed by atoms with Gasteiger partial charge in [0.2, 0.25) is 0 Å². The molecular weight excluding hydrogens is 359 g/mol. The minimum Gasteiger partial charge on any atom is -0.506 e. The first-order chi connectivity index (χ1) is 10.5. The molecule has 0 fully saturated rings. The molecule has 1 aliphatic rings. The van der Waals surface area contributed by atoms with Crippen LogP contribution in [0.4, 0.5) is 0 Å². The third-order valence-electron chi connectivity index (χ3n) is 3.92. The number of aromatic hydroxyl groups is 1. The lowest BCUT2D eigenvalue weighted by molar-refractivity contribution is -0.139. The predicted octanol–water partition coefficient (Wildman–Crippen LogP) is 0.843. The summed E-state index contributed by atoms with van der Waals surface area (Å²) < 4.78 is 0. The predicted molar refractivity (Wildman–Crippen MR) is 89.8 cm³/mol. The molecule has 3 rings (SSSR count). The molecule has 0 spiro atoms. The molecule has 0 bridgehead atoms. The first kappa shape index (κ1) is 20.2. The maximum absolute atomic E-state index is 11.3. The monoisotopic (exact) mass is 376 g/mol. The number of hydrogen-bond acceptors (Lipinski definition) is 6. The van der Waals surface area contributed by atoms with Gasteiger partial charge in [-0.3, -0.25) is 15.1 Å². The average Bonchev–Trinajstić information content (AvgIpc) is 2.97. The number of aromatic nitrogens is 3. The van der Waals surface area contributed by atoms with Crippen LogP contribution in [0.1, 0.15) is 34.3 Å². The van der Waals surface area contributed by atoms with Gasteiger partial charge in [-0.05, 0) is 6.92 Å². The van der Waals surface area contributed by atoms with E-state index in [1.54, 1.807) is 6.92 Å². The first-order valence-electron chi connectivity index (χ1n) is 6.82. The van der Waals surface area contributed by atoms with Crippen molar-refractivity contribution in [2.24, 2.45) is 0 Å². The highest BCUT2D eigenvalue weighted by atomic mass is 35.5. The number of fused-ring (bicyclic) bond motifs is 1. The van der Waals surface area contributed by atoms with Gasteiger partial charge in [-0.15, -0.1) is 24.8 Å². The van der Waals surface area contributed by atoms with E-state index in [1.165, 1.54) is 12.5 Å². The fraction of sp³-hybridized carbons (Fsp3) is 0.357. The number of carboxylic acid groups (broad SMARTS) is 1. The zero-order valence-corrected chi connectivity index (χ0v) is 14.3. The molecule has 132 valence electrons. The van der Waals surface area contributed by atoms with Crippen molar-refractivity contribution in [2.45, 2.75) is 32.0 Å². The van der Waals surface area contributed by atoms with Crippen LogP contribution in [-0.2, 0) is 17.8 Å². The Morgan fingerprint density at radius 2 is 2.08 bits per heavy atom. The summed E-state index contributed by atoms with van der Waals surface area (Å²) >= 11 is 0. The number of aliphatic hydroxyl groups excluding tert-OH is 1. The number of aliphatic hydroxyl groups is 1. The van der Waals surface area contributed by atoms with Gasteiger partial charge in [-0.25, -0.2) is 4.98 Å². The fourth-order valence-corrected chi connectivity index (χ4v) is 2.77. The number of rotatable bonds is 3. The molecule has 5 N–H and O–H groups in total. The van der Waals surface area contributed by atoms with E-state index in [-0.39, 0.29) is 43.6 Å². The van der Waals surface area contributed by atoms with Crippen LogP contribution >= 0.6 is 24.8 Å². The highest BCUT2D eigenvalue weighted by Crippen LogP contribution is 2.36. The van der Waals surface area contributed by atoms with Crippen LogP contribution in [-0.4, -0.2) is 42.3 Å². The number of H-pyrrole nitrogens is 1. The molecule has 0 aliphatic carbocycles. The van der Waals surface area contributed by atoms with Crippen LogP contribution in [0.15, 0.2) is 12.5 Å². The van der Waals surface area contributed by atoms with Crippen molar-refractivity contribution in [1.29, 1.82) is 0 Å². The summed E-state index contributed by atoms with van der Waals surface area (Å²) in [5.74, 6) is -1.05. The van der Waals surface area contributed by atoms with Crippen LogP contribution in [0, 0.1) is 6.92 Å². The molecule has 0 saturated heterocycles. The number of aromatic amines is 1. The molecule has 0 aromatic carbocycles. The van der Waals surface area contributed by atoms with Crippen LogP contribution in [0.5, 0.6) is 5.75 Å². The number of hydrogen-bond donors (Lipinski definition) is 5. The fourth-order valence-electron chi connectivity index (χ4n) is 2.77. The zero-order chi connectivity index (χ0) is 15.9. The smallest absolute Gasteiger partial charge is 0.321 e. The maximum Gasteiger partial charge on any atom is 0.321 e. The highest BCUT2D eigenvalue weighted by molar-refractivity contribution is 5.85. The van der Waals surface area contributed by atoms with Gasteiger partial charge in [0.25, 0.3) is 0 Å². The Kier molecular flexibility index (Phi) is 6.56. The van der Waals surface area contributed by atoms with E-state index in [4.69, 9.17) is 0 Å². The number of imidazole rings is 1. The van der Waals surface area contributed by atoms with E-state index >= 15 is 0 Å². The summed E-state index contributed by atoms with van der Waals surface area (Å²) in [5.41, 5.74) is 2.57. The number of aliphatic carboxylic acids is 1. The van der Waals surface area contributed by atoms with Gasteiger partial charge in [-0.1, -0.05) is 0 Å². The summed E-state index contributed by atoms with van der Waals surface area (Å²) in [7, 11) is 0. The van der Waals surface area contributed by atoms with Gasteiger partial charge in [0.1, 0.15) is 11.8 Å². The lowest BCUT2D eigenvalue weighted by Crippen LogP contribution is -2.45. The van der Waals surface area contributed by atoms with E-state index in [0.717, 1.165) is 0 Å². The third-order valence-corrected chi connectivity index (χ3v) is 3.92. The van der Waals surface area contributed by atoms with Crippen molar-refractivity contribution in [1.82, 2.24) is 20.3 Å². The van der Waals surface area contributed by atoms with E-state index in [1.807, 2.05) is 0 Å². The third kappa shape index (κ3) is 3.32. The molecular formula is C14H18Cl2N4O4. The van der Waals surface area contributed by atoms with Crippen LogP contribution in [0.3, 0.4) is 0 Å². The highest BCUT2D eigenvalue weighted by Gasteiger charge is 2.35. The summed E-state index contributed by atoms with van der Waals surface area (Å²) in [5, 5.41) is 32.1. The van der Waals surface area contributed by atoms with Gasteiger partial charge in [0.15, 0.2) is 0 Å². The van der Waals surface area contributed by atoms with Crippen LogP contribution in [0.25, 0.3) is 0 Å². The molecule has 1 aliphatic heterocycles. The second kappa shape index (κ2) is 7.80. The molecule has 24 heavy (non-hydrogen) atoms. The molecule has 2 aromatic heterocycles. The molecule has 8 nitrogen and oxygen atoms in total. The normalized spacial score (nSPS) is 18.9. The Balaban J connectivity index is 0.00000144. The van der Waals surface area contributed by atoms with Gasteiger partial charge in [-0.2, -0.15) is 0 Å². The van der Waals surface area contributed by atoms with Crippen molar-refractivity contribution >= 4 is 30.8 Å². The lowest BCUT2D eigenvalue weighted by Gasteiger charge is -2.30. The Morgan fingerprint density at radius 3 is 2.71 bits per heavy atom. The van der Waals surface area contributed by atoms with Crippen LogP contribution in [0.2, 0.25) is 0 Å². The van der Waals surface area contributed by atoms with E-state index in [2.05, 4.69) is 20.3 Å². The Hall–Kier alpha value is -1.87. The Morgan fingerprint density at radius 1 is 1.38 bits per heavy atom. The molecule has 0 amide bonds. The number of halogens is 2. The summed E-state index contributed by atoms with van der Waals surface area (Å²) in [4.78, 5) is 22.5. The summed E-state index contributed by atoms with van der Waals surface area (Å²) in [6, 6.07) is -1.43. The minimum atomic E-state index is -0.985. The van der Waals surface area contributed by atoms with Gasteiger partial charge in [0.05, 0.1) is 30.4 Å². The number of nitrogens with zero attached hydrogens (tertiary/aromatic N) is 2. The number of aryl methyl sites for hydroxylation is 1. The quantitative estimate of drug-likeness (QED) is 0.536. The first-order valence-corrected chi connectivity index (χ1v) is 6.82. The largest absolute Gasteiger partial charge is 0.506 e. The van der Waals surface area contributed by atoms with Crippen molar-refractivity contribution in [3.63, 3.8) is 0 Å². The van der Waals surface area contributed by atoms with Gasteiger partial charge >= 0.3 is 5.97 Å². The molecule has 10 heteroatoms. The molecule has 2 atom stereocenters. The Labute approximate surface area is 150 Å². The molecule has 0 unspecified atom stereocenters. The zero-order valence-electron chi connectivity index (χ0n) is 12.7.